The zero-order chi connectivity index (χ0) is 31.7. The van der Waals surface area contributed by atoms with Crippen LogP contribution in [0.1, 0.15) is 83.6 Å². The highest BCUT2D eigenvalue weighted by Crippen LogP contribution is 2.37. The standard InChI is InChI=1S/C42H52N4/c1-4-32(28-29-43-3)33-20-26-37(27-21-33)46-30-12-18-40(31(2)38-15-9-11-19-42(38)46)44-35-22-24-36(25-23-35)45-41-17-10-8-16-39(41)34-13-6-5-7-14-34/h4,9-11,15,17,20-29,34,42-45H,5-8,12-14,16,18-19,30H2,1-3H3/b29-28-,32-4+,40-31-. The molecule has 2 aromatic carbocycles. The zero-order valence-electron chi connectivity index (χ0n) is 28.1. The Hall–Kier alpha value is -4.18. The molecule has 0 saturated heterocycles. The third-order valence-corrected chi connectivity index (χ3v) is 10.3. The fourth-order valence-electron chi connectivity index (χ4n) is 7.72. The molecule has 46 heavy (non-hydrogen) atoms. The van der Waals surface area contributed by atoms with Gasteiger partial charge in [-0.3, -0.25) is 0 Å². The molecule has 1 aliphatic heterocycles. The van der Waals surface area contributed by atoms with Crippen LogP contribution in [0.25, 0.3) is 5.57 Å². The Morgan fingerprint density at radius 2 is 1.63 bits per heavy atom. The number of allylic oxidation sites excluding steroid dienone is 9. The first-order chi connectivity index (χ1) is 22.6. The molecule has 1 fully saturated rings. The summed E-state index contributed by atoms with van der Waals surface area (Å²) in [5.74, 6) is 0.760. The molecule has 3 aliphatic carbocycles. The molecule has 6 rings (SSSR count). The van der Waals surface area contributed by atoms with E-state index in [4.69, 9.17) is 0 Å². The van der Waals surface area contributed by atoms with Crippen LogP contribution in [-0.2, 0) is 0 Å². The molecule has 1 heterocycles. The number of nitrogens with one attached hydrogen (secondary N) is 3. The number of benzene rings is 2. The summed E-state index contributed by atoms with van der Waals surface area (Å²) in [5, 5.41) is 10.7. The lowest BCUT2D eigenvalue weighted by atomic mass is 9.80. The molecule has 0 spiro atoms. The van der Waals surface area contributed by atoms with Crippen molar-refractivity contribution in [2.24, 2.45) is 5.92 Å². The van der Waals surface area contributed by atoms with E-state index in [9.17, 15) is 0 Å². The minimum Gasteiger partial charge on any atom is -0.394 e. The van der Waals surface area contributed by atoms with Crippen molar-refractivity contribution in [3.8, 4) is 0 Å². The first kappa shape index (κ1) is 31.8. The molecule has 2 aromatic rings. The Morgan fingerprint density at radius 3 is 2.37 bits per heavy atom. The number of fused-ring (bicyclic) bond motifs is 1. The average molecular weight is 613 g/mol. The lowest BCUT2D eigenvalue weighted by Gasteiger charge is -2.39. The maximum absolute atomic E-state index is 3.85. The van der Waals surface area contributed by atoms with E-state index in [1.165, 1.54) is 90.0 Å². The van der Waals surface area contributed by atoms with Gasteiger partial charge < -0.3 is 20.9 Å². The van der Waals surface area contributed by atoms with Crippen LogP contribution in [0.2, 0.25) is 0 Å². The van der Waals surface area contributed by atoms with Gasteiger partial charge in [0.05, 0.1) is 6.04 Å². The topological polar surface area (TPSA) is 39.3 Å². The average Bonchev–Trinajstić information content (AvgIpc) is 3.11. The zero-order valence-corrected chi connectivity index (χ0v) is 28.1. The second kappa shape index (κ2) is 15.4. The molecule has 4 nitrogen and oxygen atoms in total. The maximum atomic E-state index is 3.85. The second-order valence-corrected chi connectivity index (χ2v) is 13.2. The number of rotatable bonds is 9. The van der Waals surface area contributed by atoms with E-state index in [1.54, 1.807) is 5.57 Å². The van der Waals surface area contributed by atoms with E-state index in [-0.39, 0.29) is 0 Å². The molecular formula is C42H52N4. The van der Waals surface area contributed by atoms with Crippen LogP contribution in [0.3, 0.4) is 0 Å². The van der Waals surface area contributed by atoms with Crippen LogP contribution < -0.4 is 20.9 Å². The molecule has 0 aromatic heterocycles. The number of hydrogen-bond donors (Lipinski definition) is 3. The number of hydrogen-bond acceptors (Lipinski definition) is 4. The number of anilines is 3. The molecule has 0 radical (unpaired) electrons. The molecular weight excluding hydrogens is 560 g/mol. The Bertz CT molecular complexity index is 1560. The quantitative estimate of drug-likeness (QED) is 0.246. The molecule has 4 heteroatoms. The maximum Gasteiger partial charge on any atom is 0.0580 e. The predicted molar refractivity (Wildman–Crippen MR) is 199 cm³/mol. The summed E-state index contributed by atoms with van der Waals surface area (Å²) in [6.07, 6.45) is 30.2. The second-order valence-electron chi connectivity index (χ2n) is 13.2. The van der Waals surface area contributed by atoms with Crippen molar-refractivity contribution in [1.29, 1.82) is 0 Å². The van der Waals surface area contributed by atoms with Crippen LogP contribution in [0.15, 0.2) is 125 Å². The molecule has 0 amide bonds. The predicted octanol–water partition coefficient (Wildman–Crippen LogP) is 10.7. The van der Waals surface area contributed by atoms with E-state index >= 15 is 0 Å². The molecule has 4 aliphatic rings. The highest BCUT2D eigenvalue weighted by atomic mass is 15.2. The van der Waals surface area contributed by atoms with Crippen LogP contribution >= 0.6 is 0 Å². The largest absolute Gasteiger partial charge is 0.394 e. The first-order valence-electron chi connectivity index (χ1n) is 17.6. The minimum atomic E-state index is 0.333. The number of nitrogens with zero attached hydrogens (tertiary/aromatic N) is 1. The van der Waals surface area contributed by atoms with E-state index in [0.717, 1.165) is 37.4 Å². The van der Waals surface area contributed by atoms with Gasteiger partial charge >= 0.3 is 0 Å². The summed E-state index contributed by atoms with van der Waals surface area (Å²) < 4.78 is 0. The van der Waals surface area contributed by atoms with Crippen molar-refractivity contribution < 1.29 is 0 Å². The summed E-state index contributed by atoms with van der Waals surface area (Å²) in [6, 6.07) is 18.4. The van der Waals surface area contributed by atoms with E-state index in [2.05, 4.69) is 126 Å². The van der Waals surface area contributed by atoms with Gasteiger partial charge in [0.15, 0.2) is 0 Å². The van der Waals surface area contributed by atoms with Gasteiger partial charge in [-0.2, -0.15) is 0 Å². The summed E-state index contributed by atoms with van der Waals surface area (Å²) in [4.78, 5) is 2.62. The molecule has 1 atom stereocenters. The highest BCUT2D eigenvalue weighted by Gasteiger charge is 2.28. The van der Waals surface area contributed by atoms with Gasteiger partial charge in [-0.15, -0.1) is 0 Å². The molecule has 1 saturated carbocycles. The lowest BCUT2D eigenvalue weighted by molar-refractivity contribution is 0.393. The van der Waals surface area contributed by atoms with Crippen molar-refractivity contribution in [1.82, 2.24) is 5.32 Å². The smallest absolute Gasteiger partial charge is 0.0580 e. The highest BCUT2D eigenvalue weighted by molar-refractivity contribution is 5.75. The third-order valence-electron chi connectivity index (χ3n) is 10.3. The SMILES string of the molecule is C/C=C(\C=C/NC)c1ccc(N2CCC/C(Nc3ccc(NC4=C(C5CCCCC5)CCC=C4)cc3)=C(\C)C3=CC=CCC32)cc1. The van der Waals surface area contributed by atoms with Crippen molar-refractivity contribution in [3.05, 3.63) is 131 Å². The van der Waals surface area contributed by atoms with E-state index < -0.39 is 0 Å². The fraction of sp³-hybridized carbons (Fsp3) is 0.381. The summed E-state index contributed by atoms with van der Waals surface area (Å²) in [5.41, 5.74) is 13.2. The Labute approximate surface area is 277 Å². The monoisotopic (exact) mass is 612 g/mol. The molecule has 240 valence electrons. The van der Waals surface area contributed by atoms with Crippen molar-refractivity contribution >= 4 is 22.6 Å². The van der Waals surface area contributed by atoms with Gasteiger partial charge in [0.2, 0.25) is 0 Å². The van der Waals surface area contributed by atoms with Crippen LogP contribution in [0.4, 0.5) is 17.1 Å². The molecule has 0 bridgehead atoms. The van der Waals surface area contributed by atoms with Gasteiger partial charge in [0, 0.05) is 42.0 Å². The van der Waals surface area contributed by atoms with Gasteiger partial charge in [0.1, 0.15) is 0 Å². The Morgan fingerprint density at radius 1 is 0.870 bits per heavy atom. The summed E-state index contributed by atoms with van der Waals surface area (Å²) in [6.45, 7) is 5.43. The first-order valence-corrected chi connectivity index (χ1v) is 17.6. The molecule has 1 unspecified atom stereocenters. The fourth-order valence-corrected chi connectivity index (χ4v) is 7.72. The van der Waals surface area contributed by atoms with Gasteiger partial charge in [0.25, 0.3) is 0 Å². The Balaban J connectivity index is 1.17. The third kappa shape index (κ3) is 7.44. The van der Waals surface area contributed by atoms with Crippen molar-refractivity contribution in [2.45, 2.75) is 84.1 Å². The summed E-state index contributed by atoms with van der Waals surface area (Å²) >= 11 is 0. The van der Waals surface area contributed by atoms with Crippen molar-refractivity contribution in [3.63, 3.8) is 0 Å². The van der Waals surface area contributed by atoms with Crippen LogP contribution in [0, 0.1) is 5.92 Å². The Kier molecular flexibility index (Phi) is 10.6. The van der Waals surface area contributed by atoms with E-state index in [1.807, 2.05) is 13.2 Å². The van der Waals surface area contributed by atoms with E-state index in [0.29, 0.717) is 6.04 Å². The summed E-state index contributed by atoms with van der Waals surface area (Å²) in [7, 11) is 1.93. The lowest BCUT2D eigenvalue weighted by Crippen LogP contribution is -2.40. The molecule has 3 N–H and O–H groups in total. The van der Waals surface area contributed by atoms with Crippen molar-refractivity contribution in [2.75, 3.05) is 29.1 Å². The van der Waals surface area contributed by atoms with Crippen LogP contribution in [-0.4, -0.2) is 19.6 Å². The minimum absolute atomic E-state index is 0.333. The van der Waals surface area contributed by atoms with Gasteiger partial charge in [-0.25, -0.2) is 0 Å². The van der Waals surface area contributed by atoms with Crippen LogP contribution in [0.5, 0.6) is 0 Å². The van der Waals surface area contributed by atoms with Gasteiger partial charge in [-0.1, -0.05) is 61.8 Å². The van der Waals surface area contributed by atoms with Gasteiger partial charge in [-0.05, 0) is 147 Å². The normalized spacial score (nSPS) is 22.8.